The third kappa shape index (κ3) is 6.16. The standard InChI is InChI=1S/C25H32N4O3/c1-2-3-11-30-14-15-32-18-20-5-4-6-21(16-20)28-25-23-17-22(29-9-12-31-13-10-29)7-8-24(23)26-19-27-25/h4-8,16-17,19H,2-3,9-15,18H2,1H3,(H,26,27,28). The van der Waals surface area contributed by atoms with Crippen LogP contribution in [0.5, 0.6) is 0 Å². The zero-order valence-electron chi connectivity index (χ0n) is 18.8. The van der Waals surface area contributed by atoms with Crippen molar-refractivity contribution in [2.75, 3.05) is 56.3 Å². The van der Waals surface area contributed by atoms with Gasteiger partial charge in [0.1, 0.15) is 12.1 Å². The second kappa shape index (κ2) is 11.8. The van der Waals surface area contributed by atoms with Gasteiger partial charge in [0.05, 0.1) is 38.6 Å². The molecule has 2 heterocycles. The fourth-order valence-corrected chi connectivity index (χ4v) is 3.69. The van der Waals surface area contributed by atoms with E-state index in [9.17, 15) is 0 Å². The highest BCUT2D eigenvalue weighted by Crippen LogP contribution is 2.28. The maximum Gasteiger partial charge on any atom is 0.141 e. The van der Waals surface area contributed by atoms with Gasteiger partial charge in [0.15, 0.2) is 0 Å². The van der Waals surface area contributed by atoms with E-state index in [1.54, 1.807) is 6.33 Å². The molecule has 0 radical (unpaired) electrons. The summed E-state index contributed by atoms with van der Waals surface area (Å²) >= 11 is 0. The van der Waals surface area contributed by atoms with E-state index >= 15 is 0 Å². The molecule has 2 aromatic carbocycles. The number of unbranched alkanes of at least 4 members (excludes halogenated alkanes) is 1. The Morgan fingerprint density at radius 2 is 1.88 bits per heavy atom. The molecule has 0 unspecified atom stereocenters. The molecule has 0 saturated carbocycles. The molecule has 1 saturated heterocycles. The summed E-state index contributed by atoms with van der Waals surface area (Å²) in [6.07, 6.45) is 3.85. The largest absolute Gasteiger partial charge is 0.379 e. The van der Waals surface area contributed by atoms with Crippen molar-refractivity contribution in [1.29, 1.82) is 0 Å². The first-order valence-corrected chi connectivity index (χ1v) is 11.4. The highest BCUT2D eigenvalue weighted by Gasteiger charge is 2.13. The van der Waals surface area contributed by atoms with Crippen LogP contribution in [0.15, 0.2) is 48.8 Å². The SMILES string of the molecule is CCCCOCCOCc1cccc(Nc2ncnc3ccc(N4CCOCC4)cc23)c1. The van der Waals surface area contributed by atoms with Gasteiger partial charge in [-0.2, -0.15) is 0 Å². The monoisotopic (exact) mass is 436 g/mol. The number of ether oxygens (including phenoxy) is 3. The maximum absolute atomic E-state index is 5.76. The van der Waals surface area contributed by atoms with Crippen LogP contribution in [0.3, 0.4) is 0 Å². The molecule has 0 bridgehead atoms. The summed E-state index contributed by atoms with van der Waals surface area (Å²) in [6, 6.07) is 14.6. The van der Waals surface area contributed by atoms with Gasteiger partial charge in [-0.1, -0.05) is 25.5 Å². The number of hydrogen-bond donors (Lipinski definition) is 1. The van der Waals surface area contributed by atoms with Gasteiger partial charge in [0.2, 0.25) is 0 Å². The van der Waals surface area contributed by atoms with Gasteiger partial charge in [-0.15, -0.1) is 0 Å². The van der Waals surface area contributed by atoms with Crippen LogP contribution >= 0.6 is 0 Å². The molecule has 0 spiro atoms. The zero-order valence-corrected chi connectivity index (χ0v) is 18.8. The minimum atomic E-state index is 0.554. The van der Waals surface area contributed by atoms with Crippen molar-refractivity contribution in [1.82, 2.24) is 9.97 Å². The van der Waals surface area contributed by atoms with Crippen molar-refractivity contribution < 1.29 is 14.2 Å². The van der Waals surface area contributed by atoms with Crippen LogP contribution in [0.1, 0.15) is 25.3 Å². The third-order valence-corrected chi connectivity index (χ3v) is 5.47. The number of morpholine rings is 1. The zero-order chi connectivity index (χ0) is 22.0. The molecule has 1 fully saturated rings. The van der Waals surface area contributed by atoms with E-state index < -0.39 is 0 Å². The first kappa shape index (κ1) is 22.5. The lowest BCUT2D eigenvalue weighted by molar-refractivity contribution is 0.0397. The summed E-state index contributed by atoms with van der Waals surface area (Å²) in [4.78, 5) is 11.3. The Balaban J connectivity index is 1.41. The summed E-state index contributed by atoms with van der Waals surface area (Å²) in [7, 11) is 0. The van der Waals surface area contributed by atoms with Gasteiger partial charge in [-0.3, -0.25) is 0 Å². The normalized spacial score (nSPS) is 14.1. The van der Waals surface area contributed by atoms with Crippen molar-refractivity contribution in [3.8, 4) is 0 Å². The Bertz CT molecular complexity index is 992. The van der Waals surface area contributed by atoms with E-state index in [0.717, 1.165) is 73.7 Å². The predicted molar refractivity (Wildman–Crippen MR) is 128 cm³/mol. The second-order valence-corrected chi connectivity index (χ2v) is 7.87. The fourth-order valence-electron chi connectivity index (χ4n) is 3.69. The minimum Gasteiger partial charge on any atom is -0.379 e. The predicted octanol–water partition coefficient (Wildman–Crippen LogP) is 4.54. The van der Waals surface area contributed by atoms with E-state index in [2.05, 4.69) is 57.4 Å². The number of aromatic nitrogens is 2. The number of fused-ring (bicyclic) bond motifs is 1. The first-order chi connectivity index (χ1) is 15.8. The van der Waals surface area contributed by atoms with Crippen molar-refractivity contribution in [2.24, 2.45) is 0 Å². The molecule has 1 aromatic heterocycles. The fraction of sp³-hybridized carbons (Fsp3) is 0.440. The highest BCUT2D eigenvalue weighted by atomic mass is 16.5. The number of rotatable bonds is 11. The van der Waals surface area contributed by atoms with E-state index in [4.69, 9.17) is 14.2 Å². The topological polar surface area (TPSA) is 68.7 Å². The molecular formula is C25H32N4O3. The van der Waals surface area contributed by atoms with Crippen LogP contribution in [0, 0.1) is 0 Å². The molecule has 1 aliphatic rings. The summed E-state index contributed by atoms with van der Waals surface area (Å²) in [5.74, 6) is 0.799. The van der Waals surface area contributed by atoms with E-state index in [-0.39, 0.29) is 0 Å². The minimum absolute atomic E-state index is 0.554. The van der Waals surface area contributed by atoms with Crippen molar-refractivity contribution in [3.05, 3.63) is 54.4 Å². The maximum atomic E-state index is 5.76. The van der Waals surface area contributed by atoms with Gasteiger partial charge in [0, 0.05) is 36.5 Å². The molecule has 4 rings (SSSR count). The molecule has 3 aromatic rings. The van der Waals surface area contributed by atoms with Crippen LogP contribution in [-0.4, -0.2) is 56.1 Å². The molecule has 7 heteroatoms. The third-order valence-electron chi connectivity index (χ3n) is 5.47. The Hall–Kier alpha value is -2.74. The lowest BCUT2D eigenvalue weighted by Crippen LogP contribution is -2.36. The van der Waals surface area contributed by atoms with Crippen LogP contribution < -0.4 is 10.2 Å². The Labute approximate surface area is 189 Å². The van der Waals surface area contributed by atoms with Crippen molar-refractivity contribution in [2.45, 2.75) is 26.4 Å². The molecule has 1 N–H and O–H groups in total. The Kier molecular flexibility index (Phi) is 8.25. The van der Waals surface area contributed by atoms with Gasteiger partial charge >= 0.3 is 0 Å². The van der Waals surface area contributed by atoms with Crippen LogP contribution in [0.4, 0.5) is 17.2 Å². The molecule has 32 heavy (non-hydrogen) atoms. The molecule has 170 valence electrons. The van der Waals surface area contributed by atoms with Gasteiger partial charge in [-0.05, 0) is 42.3 Å². The lowest BCUT2D eigenvalue weighted by Gasteiger charge is -2.29. The quantitative estimate of drug-likeness (QED) is 0.443. The van der Waals surface area contributed by atoms with Gasteiger partial charge in [-0.25, -0.2) is 9.97 Å². The summed E-state index contributed by atoms with van der Waals surface area (Å²) in [6.45, 7) is 8.06. The van der Waals surface area contributed by atoms with Gasteiger partial charge in [0.25, 0.3) is 0 Å². The molecule has 0 atom stereocenters. The molecule has 0 aliphatic carbocycles. The average molecular weight is 437 g/mol. The van der Waals surface area contributed by atoms with Crippen LogP contribution in [0.2, 0.25) is 0 Å². The van der Waals surface area contributed by atoms with Crippen molar-refractivity contribution in [3.63, 3.8) is 0 Å². The lowest BCUT2D eigenvalue weighted by atomic mass is 10.1. The molecule has 7 nitrogen and oxygen atoms in total. The summed E-state index contributed by atoms with van der Waals surface area (Å²) in [5, 5.41) is 4.47. The molecule has 0 amide bonds. The number of nitrogens with one attached hydrogen (secondary N) is 1. The molecular weight excluding hydrogens is 404 g/mol. The van der Waals surface area contributed by atoms with E-state index in [1.807, 2.05) is 12.1 Å². The number of hydrogen-bond acceptors (Lipinski definition) is 7. The van der Waals surface area contributed by atoms with Crippen LogP contribution in [-0.2, 0) is 20.8 Å². The summed E-state index contributed by atoms with van der Waals surface area (Å²) in [5.41, 5.74) is 4.17. The number of nitrogens with zero attached hydrogens (tertiary/aromatic N) is 3. The number of benzene rings is 2. The van der Waals surface area contributed by atoms with Crippen LogP contribution in [0.25, 0.3) is 10.9 Å². The van der Waals surface area contributed by atoms with E-state index in [1.165, 1.54) is 5.69 Å². The highest BCUT2D eigenvalue weighted by molar-refractivity contribution is 5.93. The second-order valence-electron chi connectivity index (χ2n) is 7.87. The number of anilines is 3. The van der Waals surface area contributed by atoms with Gasteiger partial charge < -0.3 is 24.4 Å². The molecule has 1 aliphatic heterocycles. The summed E-state index contributed by atoms with van der Waals surface area (Å²) < 4.78 is 16.8. The Morgan fingerprint density at radius 3 is 2.75 bits per heavy atom. The first-order valence-electron chi connectivity index (χ1n) is 11.4. The smallest absolute Gasteiger partial charge is 0.141 e. The van der Waals surface area contributed by atoms with Crippen molar-refractivity contribution >= 4 is 28.1 Å². The Morgan fingerprint density at radius 1 is 1.00 bits per heavy atom. The average Bonchev–Trinajstić information content (AvgIpc) is 2.84. The van der Waals surface area contributed by atoms with E-state index in [0.29, 0.717) is 19.8 Å².